The van der Waals surface area contributed by atoms with Crippen molar-refractivity contribution in [2.45, 2.75) is 12.8 Å². The Morgan fingerprint density at radius 3 is 2.82 bits per heavy atom. The van der Waals surface area contributed by atoms with E-state index in [1.165, 1.54) is 0 Å². The van der Waals surface area contributed by atoms with Crippen molar-refractivity contribution in [2.75, 3.05) is 13.1 Å². The molecule has 3 heterocycles. The fraction of sp³-hybridized carbons (Fsp3) is 0.417. The average Bonchev–Trinajstić information content (AvgIpc) is 2.98. The molecule has 1 aliphatic rings. The first kappa shape index (κ1) is 10.4. The summed E-state index contributed by atoms with van der Waals surface area (Å²) in [5, 5.41) is 7.36. The Hall–Kier alpha value is -1.75. The highest BCUT2D eigenvalue weighted by molar-refractivity contribution is 5.52. The van der Waals surface area contributed by atoms with Crippen LogP contribution in [-0.4, -0.2) is 28.2 Å². The predicted octanol–water partition coefficient (Wildman–Crippen LogP) is 1.45. The highest BCUT2D eigenvalue weighted by atomic mass is 16.5. The summed E-state index contributed by atoms with van der Waals surface area (Å²) in [6.45, 7) is 4.12. The molecule has 0 spiro atoms. The molecule has 1 fully saturated rings. The van der Waals surface area contributed by atoms with Gasteiger partial charge >= 0.3 is 0 Å². The van der Waals surface area contributed by atoms with Crippen LogP contribution in [0.15, 0.2) is 29.0 Å². The van der Waals surface area contributed by atoms with Crippen LogP contribution in [0.4, 0.5) is 0 Å². The van der Waals surface area contributed by atoms with Gasteiger partial charge in [-0.25, -0.2) is 0 Å². The maximum Gasteiger partial charge on any atom is 0.231 e. The molecule has 2 aromatic heterocycles. The molecule has 2 atom stereocenters. The summed E-state index contributed by atoms with van der Waals surface area (Å²) in [4.78, 5) is 8.44. The van der Waals surface area contributed by atoms with Crippen molar-refractivity contribution < 1.29 is 4.52 Å². The average molecular weight is 230 g/mol. The third kappa shape index (κ3) is 1.93. The smallest absolute Gasteiger partial charge is 0.231 e. The van der Waals surface area contributed by atoms with Gasteiger partial charge in [-0.15, -0.1) is 0 Å². The van der Waals surface area contributed by atoms with Crippen LogP contribution < -0.4 is 5.32 Å². The molecule has 0 aromatic carbocycles. The lowest BCUT2D eigenvalue weighted by atomic mass is 9.98. The first-order valence-electron chi connectivity index (χ1n) is 5.79. The fourth-order valence-corrected chi connectivity index (χ4v) is 2.14. The molecule has 88 valence electrons. The SMILES string of the molecule is C[C@H]1CNC[C@@H]1c1nc(-c2ccncc2)no1. The largest absolute Gasteiger partial charge is 0.339 e. The van der Waals surface area contributed by atoms with Crippen LogP contribution in [0.25, 0.3) is 11.4 Å². The molecule has 0 radical (unpaired) electrons. The first-order valence-corrected chi connectivity index (χ1v) is 5.79. The maximum atomic E-state index is 5.35. The van der Waals surface area contributed by atoms with Gasteiger partial charge in [0.15, 0.2) is 0 Å². The van der Waals surface area contributed by atoms with E-state index in [0.29, 0.717) is 17.7 Å². The van der Waals surface area contributed by atoms with E-state index < -0.39 is 0 Å². The topological polar surface area (TPSA) is 63.8 Å². The lowest BCUT2D eigenvalue weighted by Gasteiger charge is -2.07. The molecule has 0 amide bonds. The molecule has 0 saturated carbocycles. The highest BCUT2D eigenvalue weighted by Gasteiger charge is 2.29. The van der Waals surface area contributed by atoms with Gasteiger partial charge in [0.05, 0.1) is 5.92 Å². The summed E-state index contributed by atoms with van der Waals surface area (Å²) in [7, 11) is 0. The Morgan fingerprint density at radius 2 is 2.12 bits per heavy atom. The van der Waals surface area contributed by atoms with E-state index in [9.17, 15) is 0 Å². The summed E-state index contributed by atoms with van der Waals surface area (Å²) in [5.41, 5.74) is 0.939. The summed E-state index contributed by atoms with van der Waals surface area (Å²) in [6, 6.07) is 3.76. The van der Waals surface area contributed by atoms with E-state index in [1.54, 1.807) is 12.4 Å². The number of pyridine rings is 1. The van der Waals surface area contributed by atoms with Gasteiger partial charge in [-0.2, -0.15) is 4.98 Å². The van der Waals surface area contributed by atoms with Crippen molar-refractivity contribution in [3.05, 3.63) is 30.4 Å². The van der Waals surface area contributed by atoms with Crippen molar-refractivity contribution >= 4 is 0 Å². The summed E-state index contributed by atoms with van der Waals surface area (Å²) in [6.07, 6.45) is 3.45. The molecule has 2 aromatic rings. The molecule has 0 bridgehead atoms. The quantitative estimate of drug-likeness (QED) is 0.846. The van der Waals surface area contributed by atoms with E-state index in [2.05, 4.69) is 27.4 Å². The number of hydrogen-bond donors (Lipinski definition) is 1. The lowest BCUT2D eigenvalue weighted by molar-refractivity contribution is 0.340. The van der Waals surface area contributed by atoms with Gasteiger partial charge in [-0.3, -0.25) is 4.98 Å². The molecule has 0 unspecified atom stereocenters. The molecule has 17 heavy (non-hydrogen) atoms. The Morgan fingerprint density at radius 1 is 1.29 bits per heavy atom. The standard InChI is InChI=1S/C12H14N4O/c1-8-6-14-7-10(8)12-15-11(16-17-12)9-2-4-13-5-3-9/h2-5,8,10,14H,6-7H2,1H3/t8-,10-/m0/s1. The summed E-state index contributed by atoms with van der Waals surface area (Å²) >= 11 is 0. The molecule has 1 saturated heterocycles. The molecule has 0 aliphatic carbocycles. The van der Waals surface area contributed by atoms with Crippen molar-refractivity contribution in [3.63, 3.8) is 0 Å². The van der Waals surface area contributed by atoms with Crippen molar-refractivity contribution in [2.24, 2.45) is 5.92 Å². The van der Waals surface area contributed by atoms with E-state index in [4.69, 9.17) is 4.52 Å². The minimum absolute atomic E-state index is 0.332. The summed E-state index contributed by atoms with van der Waals surface area (Å²) < 4.78 is 5.35. The Balaban J connectivity index is 1.88. The van der Waals surface area contributed by atoms with Crippen LogP contribution in [0, 0.1) is 5.92 Å². The maximum absolute atomic E-state index is 5.35. The number of rotatable bonds is 2. The third-order valence-corrected chi connectivity index (χ3v) is 3.21. The minimum atomic E-state index is 0.332. The summed E-state index contributed by atoms with van der Waals surface area (Å²) in [5.74, 6) is 2.25. The number of nitrogens with zero attached hydrogens (tertiary/aromatic N) is 3. The second kappa shape index (κ2) is 4.25. The van der Waals surface area contributed by atoms with Gasteiger partial charge in [0.2, 0.25) is 11.7 Å². The Bertz CT molecular complexity index is 496. The monoisotopic (exact) mass is 230 g/mol. The van der Waals surface area contributed by atoms with Gasteiger partial charge in [-0.05, 0) is 24.6 Å². The van der Waals surface area contributed by atoms with Crippen molar-refractivity contribution in [1.82, 2.24) is 20.4 Å². The van der Waals surface area contributed by atoms with Crippen molar-refractivity contribution in [1.29, 1.82) is 0 Å². The molecular weight excluding hydrogens is 216 g/mol. The second-order valence-corrected chi connectivity index (χ2v) is 4.43. The van der Waals surface area contributed by atoms with E-state index >= 15 is 0 Å². The van der Waals surface area contributed by atoms with E-state index in [0.717, 1.165) is 24.5 Å². The molecule has 1 N–H and O–H groups in total. The Labute approximate surface area is 99.3 Å². The minimum Gasteiger partial charge on any atom is -0.339 e. The van der Waals surface area contributed by atoms with Gasteiger partial charge in [-0.1, -0.05) is 12.1 Å². The van der Waals surface area contributed by atoms with Crippen LogP contribution in [0.1, 0.15) is 18.7 Å². The zero-order valence-electron chi connectivity index (χ0n) is 9.63. The van der Waals surface area contributed by atoms with E-state index in [1.807, 2.05) is 12.1 Å². The zero-order chi connectivity index (χ0) is 11.7. The van der Waals surface area contributed by atoms with Crippen LogP contribution in [0.2, 0.25) is 0 Å². The molecule has 5 nitrogen and oxygen atoms in total. The van der Waals surface area contributed by atoms with Gasteiger partial charge in [0, 0.05) is 24.5 Å². The normalized spacial score (nSPS) is 24.1. The van der Waals surface area contributed by atoms with Crippen LogP contribution in [-0.2, 0) is 0 Å². The zero-order valence-corrected chi connectivity index (χ0v) is 9.63. The Kier molecular flexibility index (Phi) is 2.60. The highest BCUT2D eigenvalue weighted by Crippen LogP contribution is 2.27. The molecular formula is C12H14N4O. The van der Waals surface area contributed by atoms with Gasteiger partial charge in [0.1, 0.15) is 0 Å². The van der Waals surface area contributed by atoms with Crippen LogP contribution in [0.3, 0.4) is 0 Å². The molecule has 5 heteroatoms. The van der Waals surface area contributed by atoms with E-state index in [-0.39, 0.29) is 0 Å². The van der Waals surface area contributed by atoms with Crippen LogP contribution in [0.5, 0.6) is 0 Å². The predicted molar refractivity (Wildman–Crippen MR) is 62.3 cm³/mol. The number of nitrogens with one attached hydrogen (secondary N) is 1. The lowest BCUT2D eigenvalue weighted by Crippen LogP contribution is -2.08. The third-order valence-electron chi connectivity index (χ3n) is 3.21. The number of aromatic nitrogens is 3. The molecule has 1 aliphatic heterocycles. The van der Waals surface area contributed by atoms with Gasteiger partial charge < -0.3 is 9.84 Å². The van der Waals surface area contributed by atoms with Crippen LogP contribution >= 0.6 is 0 Å². The number of hydrogen-bond acceptors (Lipinski definition) is 5. The molecule has 3 rings (SSSR count). The van der Waals surface area contributed by atoms with Crippen molar-refractivity contribution in [3.8, 4) is 11.4 Å². The first-order chi connectivity index (χ1) is 8.34. The second-order valence-electron chi connectivity index (χ2n) is 4.43. The fourth-order valence-electron chi connectivity index (χ4n) is 2.14. The van der Waals surface area contributed by atoms with Gasteiger partial charge in [0.25, 0.3) is 0 Å².